The van der Waals surface area contributed by atoms with Gasteiger partial charge in [0.15, 0.2) is 16.7 Å². The highest BCUT2D eigenvalue weighted by molar-refractivity contribution is 8.18. The molecule has 1 saturated heterocycles. The zero-order chi connectivity index (χ0) is 25.3. The van der Waals surface area contributed by atoms with Crippen molar-refractivity contribution in [2.45, 2.75) is 6.18 Å². The number of carbonyl (C=O) groups excluding carboxylic acids is 1. The van der Waals surface area contributed by atoms with Crippen molar-refractivity contribution in [1.82, 2.24) is 4.90 Å². The highest BCUT2D eigenvalue weighted by Gasteiger charge is 2.38. The van der Waals surface area contributed by atoms with Gasteiger partial charge in [0.2, 0.25) is 0 Å². The van der Waals surface area contributed by atoms with Crippen molar-refractivity contribution < 1.29 is 37.3 Å². The number of rotatable bonds is 5. The lowest BCUT2D eigenvalue weighted by Gasteiger charge is -2.37. The smallest absolute Gasteiger partial charge is 0.420 e. The number of carboxylic acid groups (broad SMARTS) is 1. The van der Waals surface area contributed by atoms with Crippen LogP contribution in [0.2, 0.25) is 0 Å². The lowest BCUT2D eigenvalue weighted by molar-refractivity contribution is -0.145. The molecule has 1 N–H and O–H groups in total. The van der Waals surface area contributed by atoms with Gasteiger partial charge in [-0.2, -0.15) is 23.4 Å². The number of alkyl halides is 3. The van der Waals surface area contributed by atoms with Gasteiger partial charge in [-0.15, -0.1) is 0 Å². The first kappa shape index (κ1) is 24.2. The summed E-state index contributed by atoms with van der Waals surface area (Å²) in [5.74, 6) is -2.23. The predicted molar refractivity (Wildman–Crippen MR) is 120 cm³/mol. The quantitative estimate of drug-likeness (QED) is 0.599. The van der Waals surface area contributed by atoms with Crippen LogP contribution in [-0.4, -0.2) is 47.2 Å². The zero-order valence-corrected chi connectivity index (χ0v) is 18.8. The number of hydrogen-bond acceptors (Lipinski definition) is 7. The number of ether oxygens (including phenoxy) is 2. The first-order chi connectivity index (χ1) is 16.6. The maximum absolute atomic E-state index is 13.5. The number of aliphatic imine (C=N–C) groups is 1. The Kier molecular flexibility index (Phi) is 6.45. The number of carbonyl (C=O) groups is 2. The zero-order valence-electron chi connectivity index (χ0n) is 18.0. The summed E-state index contributed by atoms with van der Waals surface area (Å²) in [5.41, 5.74) is -0.737. The van der Waals surface area contributed by atoms with Crippen LogP contribution in [0.5, 0.6) is 17.2 Å². The van der Waals surface area contributed by atoms with E-state index in [0.29, 0.717) is 21.7 Å². The summed E-state index contributed by atoms with van der Waals surface area (Å²) in [6, 6.07) is 9.09. The van der Waals surface area contributed by atoms with E-state index >= 15 is 0 Å². The van der Waals surface area contributed by atoms with Gasteiger partial charge in [-0.3, -0.25) is 9.59 Å². The Hall–Kier alpha value is -3.98. The molecule has 0 atom stereocenters. The fourth-order valence-electron chi connectivity index (χ4n) is 3.36. The van der Waals surface area contributed by atoms with Gasteiger partial charge in [-0.1, -0.05) is 6.07 Å². The van der Waals surface area contributed by atoms with Crippen LogP contribution < -0.4 is 9.47 Å². The van der Waals surface area contributed by atoms with E-state index in [1.54, 1.807) is 17.0 Å². The fraction of sp³-hybridized carbons (Fsp3) is 0.217. The Morgan fingerprint density at radius 1 is 1.23 bits per heavy atom. The summed E-state index contributed by atoms with van der Waals surface area (Å²) < 4.78 is 51.1. The normalized spacial score (nSPS) is 17.1. The number of hydrogen-bond donors (Lipinski definition) is 1. The van der Waals surface area contributed by atoms with E-state index in [9.17, 15) is 22.8 Å². The number of thioether (sulfide) groups is 1. The summed E-state index contributed by atoms with van der Waals surface area (Å²) in [6.45, 7) is 0.549. The number of nitriles is 1. The van der Waals surface area contributed by atoms with E-state index in [4.69, 9.17) is 19.8 Å². The van der Waals surface area contributed by atoms with E-state index in [2.05, 4.69) is 4.99 Å². The van der Waals surface area contributed by atoms with Gasteiger partial charge < -0.3 is 19.5 Å². The molecule has 0 spiro atoms. The molecule has 2 aliphatic rings. The topological polar surface area (TPSA) is 112 Å². The van der Waals surface area contributed by atoms with E-state index in [1.165, 1.54) is 31.4 Å². The highest BCUT2D eigenvalue weighted by Crippen LogP contribution is 2.41. The number of methoxy groups -OCH3 is 1. The number of nitrogens with zero attached hydrogens (tertiary/aromatic N) is 3. The van der Waals surface area contributed by atoms with Gasteiger partial charge in [0.1, 0.15) is 5.75 Å². The standard InChI is InChI=1S/C23H16F3N3O5S/c1-33-18-7-12(8-19-20(30)28-22(35-19)29-10-14(11-29)21(31)32)2-5-17(18)34-16-4-3-13(9-27)6-15(16)23(24,25)26/h2-8,14H,10-11H2,1H3,(H,31,32)/b19-8-. The van der Waals surface area contributed by atoms with E-state index < -0.39 is 35.3 Å². The van der Waals surface area contributed by atoms with Gasteiger partial charge in [-0.25, -0.2) is 0 Å². The Balaban J connectivity index is 1.53. The van der Waals surface area contributed by atoms with Gasteiger partial charge in [-0.05, 0) is 53.7 Å². The molecule has 35 heavy (non-hydrogen) atoms. The number of amides is 1. The van der Waals surface area contributed by atoms with Crippen molar-refractivity contribution in [2.75, 3.05) is 20.2 Å². The van der Waals surface area contributed by atoms with Crippen LogP contribution in [0.15, 0.2) is 46.3 Å². The maximum atomic E-state index is 13.5. The van der Waals surface area contributed by atoms with Crippen molar-refractivity contribution in [2.24, 2.45) is 10.9 Å². The minimum Gasteiger partial charge on any atom is -0.493 e. The Bertz CT molecular complexity index is 1310. The molecule has 12 heteroatoms. The molecule has 2 aromatic carbocycles. The lowest BCUT2D eigenvalue weighted by Crippen LogP contribution is -2.51. The molecule has 0 aromatic heterocycles. The molecule has 2 heterocycles. The first-order valence-corrected chi connectivity index (χ1v) is 10.9. The van der Waals surface area contributed by atoms with Crippen molar-refractivity contribution >= 4 is 34.9 Å². The molecule has 1 amide bonds. The molecule has 2 aliphatic heterocycles. The maximum Gasteiger partial charge on any atom is 0.420 e. The molecule has 2 aromatic rings. The average molecular weight is 503 g/mol. The number of aliphatic carboxylic acids is 1. The molecule has 1 fully saturated rings. The number of benzene rings is 2. The number of likely N-dealkylation sites (tertiary alicyclic amines) is 1. The molecule has 0 aliphatic carbocycles. The second-order valence-electron chi connectivity index (χ2n) is 7.58. The molecule has 8 nitrogen and oxygen atoms in total. The fourth-order valence-corrected chi connectivity index (χ4v) is 4.29. The molecule has 4 rings (SSSR count). The van der Waals surface area contributed by atoms with Gasteiger partial charge >= 0.3 is 12.1 Å². The molecular weight excluding hydrogens is 487 g/mol. The summed E-state index contributed by atoms with van der Waals surface area (Å²) in [6.07, 6.45) is -3.19. The second-order valence-corrected chi connectivity index (χ2v) is 8.59. The number of amidine groups is 1. The monoisotopic (exact) mass is 503 g/mol. The third-order valence-electron chi connectivity index (χ3n) is 5.23. The van der Waals surface area contributed by atoms with Crippen molar-refractivity contribution in [3.05, 3.63) is 58.0 Å². The number of halogens is 3. The van der Waals surface area contributed by atoms with Crippen LogP contribution in [0.1, 0.15) is 16.7 Å². The van der Waals surface area contributed by atoms with E-state index in [0.717, 1.165) is 17.8 Å². The van der Waals surface area contributed by atoms with Gasteiger partial charge in [0.05, 0.1) is 35.1 Å². The second kappa shape index (κ2) is 9.34. The third-order valence-corrected chi connectivity index (χ3v) is 6.27. The minimum atomic E-state index is -4.74. The first-order valence-electron chi connectivity index (χ1n) is 10.1. The summed E-state index contributed by atoms with van der Waals surface area (Å²) in [5, 5.41) is 18.3. The number of carboxylic acids is 1. The van der Waals surface area contributed by atoms with Crippen LogP contribution in [0, 0.1) is 17.2 Å². The molecule has 0 saturated carbocycles. The summed E-state index contributed by atoms with van der Waals surface area (Å²) >= 11 is 1.11. The van der Waals surface area contributed by atoms with Crippen LogP contribution >= 0.6 is 11.8 Å². The summed E-state index contributed by atoms with van der Waals surface area (Å²) in [7, 11) is 1.32. The van der Waals surface area contributed by atoms with Crippen molar-refractivity contribution in [3.8, 4) is 23.3 Å². The minimum absolute atomic E-state index is 0.00693. The Labute approximate surface area is 201 Å². The van der Waals surface area contributed by atoms with Gasteiger partial charge in [0.25, 0.3) is 5.91 Å². The van der Waals surface area contributed by atoms with Crippen LogP contribution in [-0.2, 0) is 15.8 Å². The SMILES string of the molecule is COc1cc(/C=C2\SC(N3CC(C(=O)O)C3)=NC2=O)ccc1Oc1ccc(C#N)cc1C(F)(F)F. The average Bonchev–Trinajstić information content (AvgIpc) is 3.12. The lowest BCUT2D eigenvalue weighted by atomic mass is 10.0. The van der Waals surface area contributed by atoms with E-state index in [-0.39, 0.29) is 30.2 Å². The molecule has 0 bridgehead atoms. The third kappa shape index (κ3) is 5.09. The summed E-state index contributed by atoms with van der Waals surface area (Å²) in [4.78, 5) is 29.2. The molecule has 0 radical (unpaired) electrons. The highest BCUT2D eigenvalue weighted by atomic mass is 32.2. The molecular formula is C23H16F3N3O5S. The Morgan fingerprint density at radius 3 is 2.57 bits per heavy atom. The van der Waals surface area contributed by atoms with Crippen molar-refractivity contribution in [1.29, 1.82) is 5.26 Å². The molecule has 0 unspecified atom stereocenters. The van der Waals surface area contributed by atoms with Gasteiger partial charge in [0, 0.05) is 13.1 Å². The predicted octanol–water partition coefficient (Wildman–Crippen LogP) is 4.36. The Morgan fingerprint density at radius 2 is 1.94 bits per heavy atom. The van der Waals surface area contributed by atoms with Crippen molar-refractivity contribution in [3.63, 3.8) is 0 Å². The van der Waals surface area contributed by atoms with Crippen LogP contribution in [0.25, 0.3) is 6.08 Å². The molecule has 180 valence electrons. The van der Waals surface area contributed by atoms with E-state index in [1.807, 2.05) is 0 Å². The van der Waals surface area contributed by atoms with Crippen LogP contribution in [0.4, 0.5) is 13.2 Å². The van der Waals surface area contributed by atoms with Crippen LogP contribution in [0.3, 0.4) is 0 Å². The largest absolute Gasteiger partial charge is 0.493 e.